The molecule has 0 saturated carbocycles. The van der Waals surface area contributed by atoms with Crippen molar-refractivity contribution in [3.63, 3.8) is 0 Å². The molecule has 3 aromatic heterocycles. The van der Waals surface area contributed by atoms with Gasteiger partial charge in [-0.05, 0) is 31.4 Å². The zero-order chi connectivity index (χ0) is 20.7. The van der Waals surface area contributed by atoms with Crippen molar-refractivity contribution in [3.05, 3.63) is 46.3 Å². The van der Waals surface area contributed by atoms with Crippen LogP contribution in [0.3, 0.4) is 0 Å². The van der Waals surface area contributed by atoms with Gasteiger partial charge < -0.3 is 4.74 Å². The summed E-state index contributed by atoms with van der Waals surface area (Å²) in [6.45, 7) is 7.15. The number of thiophene rings is 1. The Kier molecular flexibility index (Phi) is 5.51. The van der Waals surface area contributed by atoms with E-state index in [2.05, 4.69) is 59.6 Å². The first-order chi connectivity index (χ1) is 14.6. The molecule has 0 saturated heterocycles. The molecule has 1 aliphatic rings. The molecular formula is C22H24N4OS3. The van der Waals surface area contributed by atoms with Gasteiger partial charge in [0.15, 0.2) is 16.0 Å². The van der Waals surface area contributed by atoms with Crippen molar-refractivity contribution in [3.8, 4) is 0 Å². The van der Waals surface area contributed by atoms with Gasteiger partial charge in [0.1, 0.15) is 4.83 Å². The highest BCUT2D eigenvalue weighted by Crippen LogP contribution is 2.41. The van der Waals surface area contributed by atoms with Gasteiger partial charge in [-0.25, -0.2) is 9.38 Å². The maximum Gasteiger partial charge on any atom is 0.198 e. The summed E-state index contributed by atoms with van der Waals surface area (Å²) < 4.78 is 8.22. The molecule has 8 heteroatoms. The van der Waals surface area contributed by atoms with Crippen LogP contribution in [0.4, 0.5) is 0 Å². The third-order valence-corrected chi connectivity index (χ3v) is 8.40. The van der Waals surface area contributed by atoms with Crippen molar-refractivity contribution in [2.45, 2.75) is 61.9 Å². The molecule has 0 unspecified atom stereocenters. The normalized spacial score (nSPS) is 15.7. The first-order valence-electron chi connectivity index (χ1n) is 10.2. The minimum absolute atomic E-state index is 0.168. The zero-order valence-electron chi connectivity index (χ0n) is 17.3. The van der Waals surface area contributed by atoms with Crippen molar-refractivity contribution in [2.24, 2.45) is 0 Å². The number of hydrogen-bond acceptors (Lipinski definition) is 7. The zero-order valence-corrected chi connectivity index (χ0v) is 19.8. The molecule has 0 aliphatic carbocycles. The average molecular weight is 457 g/mol. The van der Waals surface area contributed by atoms with E-state index in [0.717, 1.165) is 50.5 Å². The largest absolute Gasteiger partial charge is 0.370 e. The summed E-state index contributed by atoms with van der Waals surface area (Å²) in [7, 11) is 0. The number of benzene rings is 1. The smallest absolute Gasteiger partial charge is 0.198 e. The highest BCUT2D eigenvalue weighted by atomic mass is 32.2. The van der Waals surface area contributed by atoms with Gasteiger partial charge in [0.2, 0.25) is 0 Å². The molecule has 0 spiro atoms. The fraction of sp³-hybridized carbons (Fsp3) is 0.409. The van der Waals surface area contributed by atoms with Crippen LogP contribution in [0.25, 0.3) is 15.9 Å². The van der Waals surface area contributed by atoms with Gasteiger partial charge in [0.25, 0.3) is 0 Å². The van der Waals surface area contributed by atoms with E-state index in [1.54, 1.807) is 34.9 Å². The molecule has 0 radical (unpaired) electrons. The van der Waals surface area contributed by atoms with Crippen LogP contribution >= 0.6 is 34.9 Å². The van der Waals surface area contributed by atoms with E-state index in [1.807, 2.05) is 6.07 Å². The van der Waals surface area contributed by atoms with E-state index >= 15 is 0 Å². The molecule has 0 N–H and O–H groups in total. The second-order valence-electron chi connectivity index (χ2n) is 8.07. The van der Waals surface area contributed by atoms with Gasteiger partial charge in [0.05, 0.1) is 17.6 Å². The SMILES string of the molecule is CCCSc1nc2sc3c(c2c2nnc(SCc4ccccc4)n12)CC(C)(C)OC3. The number of ether oxygens (including phenoxy) is 1. The molecule has 5 rings (SSSR count). The number of thioether (sulfide) groups is 2. The maximum atomic E-state index is 6.05. The van der Waals surface area contributed by atoms with Crippen LogP contribution in [0.2, 0.25) is 0 Å². The molecule has 0 atom stereocenters. The Morgan fingerprint density at radius 2 is 1.97 bits per heavy atom. The second kappa shape index (κ2) is 8.15. The van der Waals surface area contributed by atoms with Crippen molar-refractivity contribution in [1.29, 1.82) is 0 Å². The van der Waals surface area contributed by atoms with Crippen LogP contribution in [0, 0.1) is 0 Å². The molecule has 4 heterocycles. The van der Waals surface area contributed by atoms with Crippen molar-refractivity contribution in [2.75, 3.05) is 5.75 Å². The lowest BCUT2D eigenvalue weighted by Crippen LogP contribution is -2.31. The number of hydrogen-bond donors (Lipinski definition) is 0. The van der Waals surface area contributed by atoms with Crippen LogP contribution in [0.1, 0.15) is 43.2 Å². The van der Waals surface area contributed by atoms with E-state index in [4.69, 9.17) is 9.72 Å². The maximum absolute atomic E-state index is 6.05. The van der Waals surface area contributed by atoms with Crippen LogP contribution in [-0.4, -0.2) is 30.9 Å². The minimum atomic E-state index is -0.168. The fourth-order valence-corrected chi connectivity index (χ4v) is 6.64. The minimum Gasteiger partial charge on any atom is -0.370 e. The summed E-state index contributed by atoms with van der Waals surface area (Å²) in [4.78, 5) is 7.41. The van der Waals surface area contributed by atoms with Gasteiger partial charge in [0, 0.05) is 22.8 Å². The molecule has 30 heavy (non-hydrogen) atoms. The van der Waals surface area contributed by atoms with Crippen molar-refractivity contribution < 1.29 is 4.74 Å². The van der Waals surface area contributed by atoms with Crippen LogP contribution in [0.15, 0.2) is 40.6 Å². The molecule has 4 aromatic rings. The van der Waals surface area contributed by atoms with E-state index < -0.39 is 0 Å². The summed E-state index contributed by atoms with van der Waals surface area (Å²) in [6, 6.07) is 10.5. The van der Waals surface area contributed by atoms with E-state index in [1.165, 1.54) is 16.0 Å². The summed E-state index contributed by atoms with van der Waals surface area (Å²) in [5, 5.41) is 12.3. The quantitative estimate of drug-likeness (QED) is 0.263. The van der Waals surface area contributed by atoms with Crippen molar-refractivity contribution in [1.82, 2.24) is 19.6 Å². The Morgan fingerprint density at radius 3 is 2.77 bits per heavy atom. The Balaban J connectivity index is 1.63. The summed E-state index contributed by atoms with van der Waals surface area (Å²) >= 11 is 5.25. The summed E-state index contributed by atoms with van der Waals surface area (Å²) in [5.74, 6) is 1.88. The Hall–Kier alpha value is -1.61. The molecule has 156 valence electrons. The number of aromatic nitrogens is 4. The highest BCUT2D eigenvalue weighted by Gasteiger charge is 2.31. The molecule has 0 fully saturated rings. The average Bonchev–Trinajstić information content (AvgIpc) is 3.31. The predicted octanol–water partition coefficient (Wildman–Crippen LogP) is 5.98. The van der Waals surface area contributed by atoms with E-state index in [9.17, 15) is 0 Å². The van der Waals surface area contributed by atoms with Crippen molar-refractivity contribution >= 4 is 50.7 Å². The Morgan fingerprint density at radius 1 is 1.13 bits per heavy atom. The molecule has 5 nitrogen and oxygen atoms in total. The van der Waals surface area contributed by atoms with Gasteiger partial charge in [-0.3, -0.25) is 0 Å². The van der Waals surface area contributed by atoms with E-state index in [-0.39, 0.29) is 5.60 Å². The van der Waals surface area contributed by atoms with Gasteiger partial charge in [-0.2, -0.15) is 0 Å². The fourth-order valence-electron chi connectivity index (χ4n) is 3.70. The van der Waals surface area contributed by atoms with Crippen LogP contribution in [0.5, 0.6) is 0 Å². The predicted molar refractivity (Wildman–Crippen MR) is 126 cm³/mol. The molecule has 1 aliphatic heterocycles. The highest BCUT2D eigenvalue weighted by molar-refractivity contribution is 7.99. The van der Waals surface area contributed by atoms with Gasteiger partial charge in [-0.15, -0.1) is 21.5 Å². The Labute approximate surface area is 188 Å². The first-order valence-corrected chi connectivity index (χ1v) is 13.0. The lowest BCUT2D eigenvalue weighted by atomic mass is 9.94. The topological polar surface area (TPSA) is 52.3 Å². The summed E-state index contributed by atoms with van der Waals surface area (Å²) in [6.07, 6.45) is 1.98. The van der Waals surface area contributed by atoms with Crippen LogP contribution < -0.4 is 0 Å². The molecule has 1 aromatic carbocycles. The third-order valence-electron chi connectivity index (χ3n) is 5.16. The third kappa shape index (κ3) is 3.75. The lowest BCUT2D eigenvalue weighted by molar-refractivity contribution is -0.0379. The molecule has 0 bridgehead atoms. The lowest BCUT2D eigenvalue weighted by Gasteiger charge is -2.30. The Bertz CT molecular complexity index is 1200. The standard InChI is InChI=1S/C22H24N4OS3/c1-4-10-28-20-23-19-17(15-11-22(2,3)27-12-16(15)30-19)18-24-25-21(26(18)20)29-13-14-8-6-5-7-9-14/h5-9H,4,10-13H2,1-3H3. The summed E-state index contributed by atoms with van der Waals surface area (Å²) in [5.41, 5.74) is 3.38. The van der Waals surface area contributed by atoms with Gasteiger partial charge in [-0.1, -0.05) is 60.8 Å². The number of nitrogens with zero attached hydrogens (tertiary/aromatic N) is 4. The number of rotatable bonds is 6. The van der Waals surface area contributed by atoms with Gasteiger partial charge >= 0.3 is 0 Å². The molecule has 0 amide bonds. The second-order valence-corrected chi connectivity index (χ2v) is 11.2. The first kappa shape index (κ1) is 20.3. The molecular weight excluding hydrogens is 432 g/mol. The van der Waals surface area contributed by atoms with Crippen LogP contribution in [-0.2, 0) is 23.5 Å². The monoisotopic (exact) mass is 456 g/mol. The number of fused-ring (bicyclic) bond motifs is 5. The van der Waals surface area contributed by atoms with E-state index in [0.29, 0.717) is 6.61 Å².